The largest absolute Gasteiger partial charge is 0.295 e. The van der Waals surface area contributed by atoms with Gasteiger partial charge in [0.2, 0.25) is 0 Å². The van der Waals surface area contributed by atoms with Gasteiger partial charge in [0.15, 0.2) is 5.78 Å². The third-order valence-electron chi connectivity index (χ3n) is 4.02. The molecule has 16 heavy (non-hydrogen) atoms. The summed E-state index contributed by atoms with van der Waals surface area (Å²) >= 11 is 0. The maximum Gasteiger partial charge on any atom is 0.155 e. The van der Waals surface area contributed by atoms with E-state index in [4.69, 9.17) is 0 Å². The van der Waals surface area contributed by atoms with Gasteiger partial charge in [0.25, 0.3) is 0 Å². The number of hydrogen-bond acceptors (Lipinski definition) is 1. The maximum atomic E-state index is 11.6. The summed E-state index contributed by atoms with van der Waals surface area (Å²) in [5, 5.41) is 0. The third kappa shape index (κ3) is 3.77. The molecule has 0 heterocycles. The molecule has 1 fully saturated rings. The van der Waals surface area contributed by atoms with Crippen molar-refractivity contribution in [1.29, 1.82) is 0 Å². The first-order chi connectivity index (χ1) is 7.84. The Hall–Kier alpha value is -0.590. The van der Waals surface area contributed by atoms with E-state index in [1.165, 1.54) is 69.8 Å². The fourth-order valence-electron chi connectivity index (χ4n) is 3.12. The topological polar surface area (TPSA) is 17.1 Å². The number of fused-ring (bicyclic) bond motifs is 2. The van der Waals surface area contributed by atoms with Crippen molar-refractivity contribution in [3.05, 3.63) is 11.6 Å². The molecule has 0 aromatic carbocycles. The predicted molar refractivity (Wildman–Crippen MR) is 67.4 cm³/mol. The van der Waals surface area contributed by atoms with Gasteiger partial charge < -0.3 is 0 Å². The van der Waals surface area contributed by atoms with Gasteiger partial charge in [0, 0.05) is 6.42 Å². The minimum atomic E-state index is 0.392. The van der Waals surface area contributed by atoms with Crippen LogP contribution in [0.1, 0.15) is 70.6 Å². The molecule has 0 radical (unpaired) electrons. The Morgan fingerprint density at radius 3 is 2.38 bits per heavy atom. The summed E-state index contributed by atoms with van der Waals surface area (Å²) in [5.74, 6) is 1.07. The molecule has 1 nitrogen and oxygen atoms in total. The van der Waals surface area contributed by atoms with E-state index < -0.39 is 0 Å². The molecule has 2 bridgehead atoms. The molecular formula is C15H24O. The minimum absolute atomic E-state index is 0.392. The van der Waals surface area contributed by atoms with Gasteiger partial charge in [-0.05, 0) is 37.7 Å². The quantitative estimate of drug-likeness (QED) is 0.590. The average molecular weight is 220 g/mol. The lowest BCUT2D eigenvalue weighted by Crippen LogP contribution is -2.14. The zero-order valence-corrected chi connectivity index (χ0v) is 10.3. The summed E-state index contributed by atoms with van der Waals surface area (Å²) in [5.41, 5.74) is 1.45. The van der Waals surface area contributed by atoms with E-state index in [0.717, 1.165) is 6.42 Å². The number of ketones is 1. The van der Waals surface area contributed by atoms with Gasteiger partial charge in [0.1, 0.15) is 0 Å². The lowest BCUT2D eigenvalue weighted by molar-refractivity contribution is -0.116. The zero-order valence-electron chi connectivity index (χ0n) is 10.3. The third-order valence-corrected chi connectivity index (χ3v) is 4.02. The number of carbonyl (C=O) groups excluding carboxylic acids is 1. The van der Waals surface area contributed by atoms with Crippen LogP contribution >= 0.6 is 0 Å². The number of carbonyl (C=O) groups is 1. The molecule has 0 N–H and O–H groups in total. The fourth-order valence-corrected chi connectivity index (χ4v) is 3.12. The highest BCUT2D eigenvalue weighted by molar-refractivity contribution is 5.91. The monoisotopic (exact) mass is 220 g/mol. The van der Waals surface area contributed by atoms with Crippen molar-refractivity contribution >= 4 is 5.78 Å². The summed E-state index contributed by atoms with van der Waals surface area (Å²) in [6.07, 6.45) is 16.0. The van der Waals surface area contributed by atoms with Crippen molar-refractivity contribution in [3.63, 3.8) is 0 Å². The molecule has 90 valence electrons. The van der Waals surface area contributed by atoms with Gasteiger partial charge in [-0.15, -0.1) is 0 Å². The van der Waals surface area contributed by atoms with Crippen molar-refractivity contribution in [3.8, 4) is 0 Å². The Kier molecular flexibility index (Phi) is 4.62. The second kappa shape index (κ2) is 6.22. The normalized spacial score (nSPS) is 28.9. The van der Waals surface area contributed by atoms with Crippen LogP contribution in [-0.4, -0.2) is 5.78 Å². The van der Waals surface area contributed by atoms with E-state index in [9.17, 15) is 4.79 Å². The van der Waals surface area contributed by atoms with E-state index in [0.29, 0.717) is 11.7 Å². The molecule has 2 aliphatic rings. The predicted octanol–water partition coefficient (Wildman–Crippen LogP) is 4.42. The van der Waals surface area contributed by atoms with E-state index in [2.05, 4.69) is 0 Å². The molecule has 1 atom stereocenters. The summed E-state index contributed by atoms with van der Waals surface area (Å²) in [6, 6.07) is 0. The summed E-state index contributed by atoms with van der Waals surface area (Å²) in [7, 11) is 0. The molecule has 2 aliphatic carbocycles. The van der Waals surface area contributed by atoms with Crippen molar-refractivity contribution in [2.75, 3.05) is 0 Å². The standard InChI is InChI=1S/C15H24O/c16-15-11-13-8-6-4-2-1-3-5-7-9-14(10-13)12-15/h11,14H,1-10,12H2. The first-order valence-electron chi connectivity index (χ1n) is 7.07. The SMILES string of the molecule is O=C1C=C2CCCCCCCCCC(C1)C2. The van der Waals surface area contributed by atoms with Crippen LogP contribution < -0.4 is 0 Å². The summed E-state index contributed by atoms with van der Waals surface area (Å²) in [6.45, 7) is 0. The molecule has 0 aliphatic heterocycles. The van der Waals surface area contributed by atoms with Gasteiger partial charge in [-0.2, -0.15) is 0 Å². The van der Waals surface area contributed by atoms with Gasteiger partial charge in [-0.3, -0.25) is 4.79 Å². The Morgan fingerprint density at radius 1 is 0.875 bits per heavy atom. The summed E-state index contributed by atoms with van der Waals surface area (Å²) < 4.78 is 0. The van der Waals surface area contributed by atoms with Crippen molar-refractivity contribution in [2.24, 2.45) is 5.92 Å². The molecule has 2 rings (SSSR count). The van der Waals surface area contributed by atoms with Crippen LogP contribution in [0.25, 0.3) is 0 Å². The highest BCUT2D eigenvalue weighted by Gasteiger charge is 2.20. The van der Waals surface area contributed by atoms with E-state index in [1.54, 1.807) is 0 Å². The Balaban J connectivity index is 1.93. The van der Waals surface area contributed by atoms with Crippen LogP contribution in [0, 0.1) is 5.92 Å². The second-order valence-electron chi connectivity index (χ2n) is 5.56. The average Bonchev–Trinajstić information content (AvgIpc) is 2.24. The van der Waals surface area contributed by atoms with Gasteiger partial charge in [0.05, 0.1) is 0 Å². The van der Waals surface area contributed by atoms with E-state index in [1.807, 2.05) is 6.08 Å². The zero-order chi connectivity index (χ0) is 11.2. The van der Waals surface area contributed by atoms with Crippen LogP contribution in [0.15, 0.2) is 11.6 Å². The molecule has 0 amide bonds. The Labute approximate surface area is 99.3 Å². The number of rotatable bonds is 0. The fraction of sp³-hybridized carbons (Fsp3) is 0.800. The molecular weight excluding hydrogens is 196 g/mol. The summed E-state index contributed by atoms with van der Waals surface area (Å²) in [4.78, 5) is 11.6. The number of hydrogen-bond donors (Lipinski definition) is 0. The van der Waals surface area contributed by atoms with E-state index >= 15 is 0 Å². The first-order valence-corrected chi connectivity index (χ1v) is 7.07. The van der Waals surface area contributed by atoms with Crippen LogP contribution in [-0.2, 0) is 4.79 Å². The van der Waals surface area contributed by atoms with Gasteiger partial charge in [-0.1, -0.05) is 44.1 Å². The smallest absolute Gasteiger partial charge is 0.155 e. The molecule has 0 spiro atoms. The maximum absolute atomic E-state index is 11.6. The van der Waals surface area contributed by atoms with Crippen LogP contribution in [0.4, 0.5) is 0 Å². The van der Waals surface area contributed by atoms with Crippen LogP contribution in [0.5, 0.6) is 0 Å². The van der Waals surface area contributed by atoms with E-state index in [-0.39, 0.29) is 0 Å². The van der Waals surface area contributed by atoms with Crippen molar-refractivity contribution < 1.29 is 4.79 Å². The molecule has 0 saturated heterocycles. The van der Waals surface area contributed by atoms with Crippen molar-refractivity contribution in [1.82, 2.24) is 0 Å². The lowest BCUT2D eigenvalue weighted by Gasteiger charge is -2.22. The Morgan fingerprint density at radius 2 is 1.56 bits per heavy atom. The first kappa shape index (κ1) is 11.9. The molecule has 1 saturated carbocycles. The highest BCUT2D eigenvalue weighted by atomic mass is 16.1. The second-order valence-corrected chi connectivity index (χ2v) is 5.56. The molecule has 1 heteroatoms. The number of allylic oxidation sites excluding steroid dienone is 2. The molecule has 0 aromatic rings. The van der Waals surface area contributed by atoms with Gasteiger partial charge in [-0.25, -0.2) is 0 Å². The molecule has 0 aromatic heterocycles. The minimum Gasteiger partial charge on any atom is -0.295 e. The lowest BCUT2D eigenvalue weighted by atomic mass is 9.82. The van der Waals surface area contributed by atoms with Crippen molar-refractivity contribution in [2.45, 2.75) is 70.6 Å². The highest BCUT2D eigenvalue weighted by Crippen LogP contribution is 2.30. The van der Waals surface area contributed by atoms with Crippen LogP contribution in [0.3, 0.4) is 0 Å². The van der Waals surface area contributed by atoms with Gasteiger partial charge >= 0.3 is 0 Å². The Bertz CT molecular complexity index is 265. The van der Waals surface area contributed by atoms with Crippen LogP contribution in [0.2, 0.25) is 0 Å². The molecule has 1 unspecified atom stereocenters.